The topological polar surface area (TPSA) is 105 Å². The molecule has 4 heterocycles. The molecule has 7 rings (SSSR count). The van der Waals surface area contributed by atoms with Gasteiger partial charge in [0.25, 0.3) is 0 Å². The second-order valence-electron chi connectivity index (χ2n) is 9.62. The van der Waals surface area contributed by atoms with Gasteiger partial charge in [0.2, 0.25) is 0 Å². The number of hydrogen-bond acceptors (Lipinski definition) is 6. The Morgan fingerprint density at radius 3 is 2.55 bits per heavy atom. The summed E-state index contributed by atoms with van der Waals surface area (Å²) >= 11 is 0. The standard InChI is InChI=1S/C31H19N7/c32-14-19-9-22(37-28-7-3-1-5-24(28)26-11-20(15-33)35-17-30(26)37)13-23(10-19)38-29-8-4-2-6-25(29)27-12-21(16-34)36-18-31(27)38/h1-9,11-13,17-18,23,27,31H,10H2/t23-,27?,31?/m0/s1. The van der Waals surface area contributed by atoms with Crippen molar-refractivity contribution in [1.29, 1.82) is 15.8 Å². The molecule has 0 radical (unpaired) electrons. The Balaban J connectivity index is 1.42. The molecule has 0 spiro atoms. The number of rotatable bonds is 2. The summed E-state index contributed by atoms with van der Waals surface area (Å²) in [6, 6.07) is 24.7. The van der Waals surface area contributed by atoms with E-state index in [9.17, 15) is 15.8 Å². The summed E-state index contributed by atoms with van der Waals surface area (Å²) < 4.78 is 2.13. The van der Waals surface area contributed by atoms with Gasteiger partial charge in [-0.15, -0.1) is 0 Å². The molecule has 178 valence electrons. The average Bonchev–Trinajstić information content (AvgIpc) is 3.49. The fourth-order valence-electron chi connectivity index (χ4n) is 6.08. The minimum atomic E-state index is -0.105. The van der Waals surface area contributed by atoms with E-state index in [0.717, 1.165) is 38.8 Å². The highest BCUT2D eigenvalue weighted by atomic mass is 15.2. The molecule has 0 amide bonds. The van der Waals surface area contributed by atoms with Gasteiger partial charge in [0.05, 0.1) is 35.4 Å². The molecule has 0 saturated heterocycles. The molecule has 1 aliphatic carbocycles. The highest BCUT2D eigenvalue weighted by Gasteiger charge is 2.41. The molecule has 7 heteroatoms. The van der Waals surface area contributed by atoms with Gasteiger partial charge in [-0.25, -0.2) is 9.98 Å². The van der Waals surface area contributed by atoms with Crippen LogP contribution in [0.4, 0.5) is 5.69 Å². The fraction of sp³-hybridized carbons (Fsp3) is 0.129. The van der Waals surface area contributed by atoms with Gasteiger partial charge in [-0.05, 0) is 42.0 Å². The zero-order valence-corrected chi connectivity index (χ0v) is 20.2. The average molecular weight is 490 g/mol. The Kier molecular flexibility index (Phi) is 4.76. The molecule has 2 aromatic carbocycles. The molecule has 38 heavy (non-hydrogen) atoms. The Labute approximate surface area is 218 Å². The first-order valence-corrected chi connectivity index (χ1v) is 12.4. The third-order valence-electron chi connectivity index (χ3n) is 7.63. The van der Waals surface area contributed by atoms with Crippen molar-refractivity contribution in [2.45, 2.75) is 24.4 Å². The molecule has 0 fully saturated rings. The number of hydrogen-bond donors (Lipinski definition) is 0. The zero-order valence-electron chi connectivity index (χ0n) is 20.2. The van der Waals surface area contributed by atoms with Crippen molar-refractivity contribution >= 4 is 39.4 Å². The molecule has 2 aromatic heterocycles. The summed E-state index contributed by atoms with van der Waals surface area (Å²) in [5.41, 5.74) is 6.47. The van der Waals surface area contributed by atoms with E-state index in [4.69, 9.17) is 0 Å². The normalized spacial score (nSPS) is 21.6. The Morgan fingerprint density at radius 2 is 1.71 bits per heavy atom. The fourth-order valence-corrected chi connectivity index (χ4v) is 6.08. The van der Waals surface area contributed by atoms with E-state index in [1.54, 1.807) is 6.20 Å². The van der Waals surface area contributed by atoms with Gasteiger partial charge in [-0.3, -0.25) is 0 Å². The van der Waals surface area contributed by atoms with Gasteiger partial charge in [0.15, 0.2) is 0 Å². The molecule has 4 aromatic rings. The Morgan fingerprint density at radius 1 is 0.868 bits per heavy atom. The lowest BCUT2D eigenvalue weighted by Gasteiger charge is -2.36. The smallest absolute Gasteiger partial charge is 0.141 e. The zero-order chi connectivity index (χ0) is 25.8. The quantitative estimate of drug-likeness (QED) is 0.365. The maximum atomic E-state index is 10.1. The molecule has 3 atom stereocenters. The predicted molar refractivity (Wildman–Crippen MR) is 146 cm³/mol. The van der Waals surface area contributed by atoms with Gasteiger partial charge in [0.1, 0.15) is 23.5 Å². The van der Waals surface area contributed by atoms with Crippen LogP contribution in [0.25, 0.3) is 27.5 Å². The SMILES string of the molecule is N#CC1=CC(n2c3ccccc3c3cc(C#N)ncc32)=C[C@@H](N2c3ccccc3C3C=C(C#N)N=CC32)C1. The van der Waals surface area contributed by atoms with E-state index in [0.29, 0.717) is 23.4 Å². The van der Waals surface area contributed by atoms with Crippen LogP contribution >= 0.6 is 0 Å². The first-order chi connectivity index (χ1) is 18.7. The Bertz CT molecular complexity index is 1920. The monoisotopic (exact) mass is 489 g/mol. The van der Waals surface area contributed by atoms with Crippen LogP contribution in [0.15, 0.2) is 95.3 Å². The Hall–Kier alpha value is -5.45. The van der Waals surface area contributed by atoms with Crippen LogP contribution in [-0.4, -0.2) is 27.8 Å². The molecule has 7 nitrogen and oxygen atoms in total. The third kappa shape index (κ3) is 3.11. The van der Waals surface area contributed by atoms with Gasteiger partial charge in [0, 0.05) is 46.3 Å². The maximum Gasteiger partial charge on any atom is 0.141 e. The van der Waals surface area contributed by atoms with Crippen LogP contribution in [0, 0.1) is 34.0 Å². The molecule has 2 unspecified atom stereocenters. The van der Waals surface area contributed by atoms with Crippen LogP contribution in [-0.2, 0) is 0 Å². The van der Waals surface area contributed by atoms with Crippen LogP contribution in [0.2, 0.25) is 0 Å². The first-order valence-electron chi connectivity index (χ1n) is 12.4. The van der Waals surface area contributed by atoms with Crippen LogP contribution in [0.5, 0.6) is 0 Å². The molecular weight excluding hydrogens is 470 g/mol. The van der Waals surface area contributed by atoms with E-state index in [1.165, 1.54) is 0 Å². The third-order valence-corrected chi connectivity index (χ3v) is 7.63. The van der Waals surface area contributed by atoms with E-state index < -0.39 is 0 Å². The summed E-state index contributed by atoms with van der Waals surface area (Å²) in [7, 11) is 0. The summed E-state index contributed by atoms with van der Waals surface area (Å²) in [5.74, 6) is 0.0217. The molecule has 0 N–H and O–H groups in total. The maximum absolute atomic E-state index is 10.1. The highest BCUT2D eigenvalue weighted by molar-refractivity contribution is 6.10. The van der Waals surface area contributed by atoms with Crippen LogP contribution < -0.4 is 4.90 Å². The number of fused-ring (bicyclic) bond motifs is 6. The van der Waals surface area contributed by atoms with Crippen molar-refractivity contribution in [2.75, 3.05) is 4.90 Å². The molecule has 0 bridgehead atoms. The lowest BCUT2D eigenvalue weighted by molar-refractivity contribution is 0.632. The van der Waals surface area contributed by atoms with E-state index in [1.807, 2.05) is 54.8 Å². The van der Waals surface area contributed by atoms with Gasteiger partial charge < -0.3 is 9.47 Å². The molecule has 3 aliphatic rings. The molecule has 0 saturated carbocycles. The summed E-state index contributed by atoms with van der Waals surface area (Å²) in [6.07, 6.45) is 10.3. The first kappa shape index (κ1) is 21.8. The number of aromatic nitrogens is 2. The summed E-state index contributed by atoms with van der Waals surface area (Å²) in [5, 5.41) is 30.9. The highest BCUT2D eigenvalue weighted by Crippen LogP contribution is 2.46. The summed E-state index contributed by atoms with van der Waals surface area (Å²) in [4.78, 5) is 11.1. The van der Waals surface area contributed by atoms with Gasteiger partial charge in [-0.1, -0.05) is 36.4 Å². The van der Waals surface area contributed by atoms with E-state index in [2.05, 4.69) is 61.9 Å². The molecular formula is C31H19N7. The molecule has 2 aliphatic heterocycles. The van der Waals surface area contributed by atoms with Crippen LogP contribution in [0.3, 0.4) is 0 Å². The second kappa shape index (κ2) is 8.30. The van der Waals surface area contributed by atoms with Crippen molar-refractivity contribution in [1.82, 2.24) is 9.55 Å². The van der Waals surface area contributed by atoms with Gasteiger partial charge >= 0.3 is 0 Å². The number of benzene rings is 2. The summed E-state index contributed by atoms with van der Waals surface area (Å²) in [6.45, 7) is 0. The van der Waals surface area contributed by atoms with Crippen molar-refractivity contribution < 1.29 is 0 Å². The number of nitriles is 3. The number of anilines is 1. The van der Waals surface area contributed by atoms with Crippen molar-refractivity contribution in [3.63, 3.8) is 0 Å². The van der Waals surface area contributed by atoms with E-state index >= 15 is 0 Å². The minimum absolute atomic E-state index is 0.0217. The number of pyridine rings is 1. The largest absolute Gasteiger partial charge is 0.355 e. The number of allylic oxidation sites excluding steroid dienone is 3. The lowest BCUT2D eigenvalue weighted by Crippen LogP contribution is -2.44. The van der Waals surface area contributed by atoms with E-state index in [-0.39, 0.29) is 18.0 Å². The number of aliphatic imine (C=N–C) groups is 1. The van der Waals surface area contributed by atoms with Crippen molar-refractivity contribution in [2.24, 2.45) is 4.99 Å². The van der Waals surface area contributed by atoms with Crippen molar-refractivity contribution in [3.8, 4) is 18.2 Å². The predicted octanol–water partition coefficient (Wildman–Crippen LogP) is 5.59. The second-order valence-corrected chi connectivity index (χ2v) is 9.62. The minimum Gasteiger partial charge on any atom is -0.355 e. The number of nitrogens with zero attached hydrogens (tertiary/aromatic N) is 7. The number of para-hydroxylation sites is 2. The van der Waals surface area contributed by atoms with Crippen LogP contribution in [0.1, 0.15) is 23.6 Å². The lowest BCUT2D eigenvalue weighted by atomic mass is 9.92. The van der Waals surface area contributed by atoms with Gasteiger partial charge in [-0.2, -0.15) is 15.8 Å². The van der Waals surface area contributed by atoms with Crippen molar-refractivity contribution in [3.05, 3.63) is 102 Å².